The van der Waals surface area contributed by atoms with Gasteiger partial charge in [-0.1, -0.05) is 22.0 Å². The van der Waals surface area contributed by atoms with Crippen molar-refractivity contribution in [3.63, 3.8) is 0 Å². The fraction of sp³-hybridized carbons (Fsp3) is 0.0769. The van der Waals surface area contributed by atoms with Crippen molar-refractivity contribution in [3.05, 3.63) is 58.1 Å². The highest BCUT2D eigenvalue weighted by atomic mass is 79.9. The highest BCUT2D eigenvalue weighted by Gasteiger charge is 2.08. The van der Waals surface area contributed by atoms with Gasteiger partial charge < -0.3 is 5.32 Å². The minimum Gasteiger partial charge on any atom is -0.322 e. The van der Waals surface area contributed by atoms with Crippen LogP contribution in [-0.4, -0.2) is 10.9 Å². The monoisotopic (exact) mass is 308 g/mol. The van der Waals surface area contributed by atoms with Gasteiger partial charge in [0.1, 0.15) is 0 Å². The molecule has 1 amide bonds. The van der Waals surface area contributed by atoms with Gasteiger partial charge in [-0.05, 0) is 30.7 Å². The lowest BCUT2D eigenvalue weighted by molar-refractivity contribution is 0.102. The number of halogens is 2. The lowest BCUT2D eigenvalue weighted by atomic mass is 10.2. The number of carbonyl (C=O) groups is 1. The number of nitrogens with zero attached hydrogens (tertiary/aromatic N) is 1. The van der Waals surface area contributed by atoms with E-state index < -0.39 is 5.95 Å². The quantitative estimate of drug-likeness (QED) is 0.862. The molecule has 2 aromatic rings. The molecule has 0 radical (unpaired) electrons. The molecule has 0 aliphatic rings. The van der Waals surface area contributed by atoms with Crippen LogP contribution >= 0.6 is 15.9 Å². The Labute approximate surface area is 112 Å². The maximum absolute atomic E-state index is 12.9. The van der Waals surface area contributed by atoms with Crippen LogP contribution in [-0.2, 0) is 0 Å². The third-order valence-corrected chi connectivity index (χ3v) is 3.27. The van der Waals surface area contributed by atoms with E-state index in [-0.39, 0.29) is 11.5 Å². The molecule has 0 fully saturated rings. The average Bonchev–Trinajstić information content (AvgIpc) is 2.34. The highest BCUT2D eigenvalue weighted by Crippen LogP contribution is 2.21. The molecule has 0 saturated heterocycles. The summed E-state index contributed by atoms with van der Waals surface area (Å²) in [7, 11) is 0. The van der Waals surface area contributed by atoms with E-state index in [0.29, 0.717) is 5.69 Å². The molecule has 92 valence electrons. The largest absolute Gasteiger partial charge is 0.322 e. The maximum atomic E-state index is 12.9. The summed E-state index contributed by atoms with van der Waals surface area (Å²) in [6.45, 7) is 1.95. The predicted octanol–water partition coefficient (Wildman–Crippen LogP) is 3.54. The van der Waals surface area contributed by atoms with Gasteiger partial charge in [0, 0.05) is 28.0 Å². The highest BCUT2D eigenvalue weighted by molar-refractivity contribution is 9.10. The Hall–Kier alpha value is -1.75. The number of aryl methyl sites for hydroxylation is 1. The number of carbonyl (C=O) groups excluding carboxylic acids is 1. The van der Waals surface area contributed by atoms with Crippen molar-refractivity contribution in [2.24, 2.45) is 0 Å². The van der Waals surface area contributed by atoms with Crippen LogP contribution in [0.3, 0.4) is 0 Å². The molecule has 0 aliphatic heterocycles. The summed E-state index contributed by atoms with van der Waals surface area (Å²) >= 11 is 3.38. The molecule has 1 N–H and O–H groups in total. The number of nitrogens with one attached hydrogen (secondary N) is 1. The molecule has 1 aromatic heterocycles. The van der Waals surface area contributed by atoms with E-state index in [1.54, 1.807) is 12.1 Å². The summed E-state index contributed by atoms with van der Waals surface area (Å²) in [6, 6.07) is 8.02. The lowest BCUT2D eigenvalue weighted by Gasteiger charge is -2.06. The summed E-state index contributed by atoms with van der Waals surface area (Å²) < 4.78 is 13.8. The minimum atomic E-state index is -0.673. The van der Waals surface area contributed by atoms with Gasteiger partial charge in [0.2, 0.25) is 5.95 Å². The van der Waals surface area contributed by atoms with Gasteiger partial charge in [-0.25, -0.2) is 4.98 Å². The van der Waals surface area contributed by atoms with E-state index in [4.69, 9.17) is 0 Å². The maximum Gasteiger partial charge on any atom is 0.255 e. The Morgan fingerprint density at radius 1 is 1.33 bits per heavy atom. The SMILES string of the molecule is Cc1ccc(NC(=O)c2ccnc(F)c2)cc1Br. The zero-order chi connectivity index (χ0) is 13.1. The van der Waals surface area contributed by atoms with Crippen molar-refractivity contribution in [2.75, 3.05) is 5.32 Å². The Morgan fingerprint density at radius 3 is 2.78 bits per heavy atom. The third-order valence-electron chi connectivity index (χ3n) is 2.42. The molecule has 0 atom stereocenters. The molecule has 1 heterocycles. The fourth-order valence-electron chi connectivity index (χ4n) is 1.42. The third kappa shape index (κ3) is 2.92. The van der Waals surface area contributed by atoms with Crippen LogP contribution in [0, 0.1) is 12.9 Å². The zero-order valence-electron chi connectivity index (χ0n) is 9.58. The van der Waals surface area contributed by atoms with Gasteiger partial charge in [0.25, 0.3) is 5.91 Å². The number of aromatic nitrogens is 1. The molecular formula is C13H10BrFN2O. The second-order valence-corrected chi connectivity index (χ2v) is 4.64. The van der Waals surface area contributed by atoms with Gasteiger partial charge in [-0.2, -0.15) is 4.39 Å². The van der Waals surface area contributed by atoms with Crippen LogP contribution < -0.4 is 5.32 Å². The van der Waals surface area contributed by atoms with Crippen LogP contribution in [0.2, 0.25) is 0 Å². The zero-order valence-corrected chi connectivity index (χ0v) is 11.2. The van der Waals surface area contributed by atoms with Gasteiger partial charge in [0.15, 0.2) is 0 Å². The van der Waals surface area contributed by atoms with Crippen LogP contribution in [0.4, 0.5) is 10.1 Å². The number of rotatable bonds is 2. The second kappa shape index (κ2) is 5.27. The summed E-state index contributed by atoms with van der Waals surface area (Å²) in [5.41, 5.74) is 1.96. The summed E-state index contributed by atoms with van der Waals surface area (Å²) in [5.74, 6) is -1.04. The smallest absolute Gasteiger partial charge is 0.255 e. The number of benzene rings is 1. The van der Waals surface area contributed by atoms with Crippen LogP contribution in [0.15, 0.2) is 41.0 Å². The molecule has 0 bridgehead atoms. The van der Waals surface area contributed by atoms with Gasteiger partial charge in [-0.3, -0.25) is 4.79 Å². The predicted molar refractivity (Wildman–Crippen MR) is 71.0 cm³/mol. The van der Waals surface area contributed by atoms with Crippen molar-refractivity contribution in [1.29, 1.82) is 0 Å². The molecule has 0 spiro atoms. The minimum absolute atomic E-state index is 0.235. The van der Waals surface area contributed by atoms with Crippen molar-refractivity contribution in [1.82, 2.24) is 4.98 Å². The lowest BCUT2D eigenvalue weighted by Crippen LogP contribution is -2.12. The molecule has 3 nitrogen and oxygen atoms in total. The molecular weight excluding hydrogens is 299 g/mol. The first kappa shape index (κ1) is 12.7. The Balaban J connectivity index is 2.18. The van der Waals surface area contributed by atoms with E-state index in [1.807, 2.05) is 13.0 Å². The number of hydrogen-bond acceptors (Lipinski definition) is 2. The van der Waals surface area contributed by atoms with Crippen LogP contribution in [0.5, 0.6) is 0 Å². The first-order chi connectivity index (χ1) is 8.56. The fourth-order valence-corrected chi connectivity index (χ4v) is 1.80. The van der Waals surface area contributed by atoms with Gasteiger partial charge in [-0.15, -0.1) is 0 Å². The number of hydrogen-bond donors (Lipinski definition) is 1. The van der Waals surface area contributed by atoms with Crippen molar-refractivity contribution >= 4 is 27.5 Å². The van der Waals surface area contributed by atoms with E-state index >= 15 is 0 Å². The molecule has 0 aliphatic carbocycles. The molecule has 0 unspecified atom stereocenters. The Morgan fingerprint density at radius 2 is 2.11 bits per heavy atom. The van der Waals surface area contributed by atoms with Crippen LogP contribution in [0.25, 0.3) is 0 Å². The van der Waals surface area contributed by atoms with E-state index in [0.717, 1.165) is 16.1 Å². The van der Waals surface area contributed by atoms with Crippen molar-refractivity contribution < 1.29 is 9.18 Å². The van der Waals surface area contributed by atoms with Gasteiger partial charge in [0.05, 0.1) is 0 Å². The van der Waals surface area contributed by atoms with Crippen LogP contribution in [0.1, 0.15) is 15.9 Å². The molecule has 2 rings (SSSR count). The summed E-state index contributed by atoms with van der Waals surface area (Å²) in [6.07, 6.45) is 1.26. The topological polar surface area (TPSA) is 42.0 Å². The summed E-state index contributed by atoms with van der Waals surface area (Å²) in [4.78, 5) is 15.2. The summed E-state index contributed by atoms with van der Waals surface area (Å²) in [5, 5.41) is 2.69. The normalized spacial score (nSPS) is 10.2. The number of pyridine rings is 1. The van der Waals surface area contributed by atoms with E-state index in [2.05, 4.69) is 26.2 Å². The number of amides is 1. The molecule has 18 heavy (non-hydrogen) atoms. The van der Waals surface area contributed by atoms with Crippen molar-refractivity contribution in [3.8, 4) is 0 Å². The molecule has 1 aromatic carbocycles. The second-order valence-electron chi connectivity index (χ2n) is 3.79. The standard InChI is InChI=1S/C13H10BrFN2O/c1-8-2-3-10(7-11(8)14)17-13(18)9-4-5-16-12(15)6-9/h2-7H,1H3,(H,17,18). The first-order valence-electron chi connectivity index (χ1n) is 5.25. The Kier molecular flexibility index (Phi) is 3.72. The number of anilines is 1. The van der Waals surface area contributed by atoms with Gasteiger partial charge >= 0.3 is 0 Å². The first-order valence-corrected chi connectivity index (χ1v) is 6.04. The van der Waals surface area contributed by atoms with E-state index in [9.17, 15) is 9.18 Å². The van der Waals surface area contributed by atoms with Crippen molar-refractivity contribution in [2.45, 2.75) is 6.92 Å². The van der Waals surface area contributed by atoms with E-state index in [1.165, 1.54) is 12.3 Å². The average molecular weight is 309 g/mol. The molecule has 5 heteroatoms. The Bertz CT molecular complexity index is 601. The molecule has 0 saturated carbocycles.